The van der Waals surface area contributed by atoms with Gasteiger partial charge in [-0.1, -0.05) is 29.3 Å². The van der Waals surface area contributed by atoms with E-state index in [1.54, 1.807) is 36.4 Å². The molecule has 0 aliphatic rings. The number of hydrogen-bond acceptors (Lipinski definition) is 3. The predicted octanol–water partition coefficient (Wildman–Crippen LogP) is 2.57. The van der Waals surface area contributed by atoms with E-state index in [2.05, 4.69) is 10.0 Å². The Bertz CT molecular complexity index is 756. The molecule has 0 spiro atoms. The van der Waals surface area contributed by atoms with Crippen LogP contribution in [0.4, 0.5) is 5.69 Å². The number of rotatable bonds is 5. The Labute approximate surface area is 134 Å². The van der Waals surface area contributed by atoms with Crippen molar-refractivity contribution < 1.29 is 13.2 Å². The average molecular weight is 339 g/mol. The Hall–Kier alpha value is -1.89. The van der Waals surface area contributed by atoms with Gasteiger partial charge in [0.2, 0.25) is 15.9 Å². The lowest BCUT2D eigenvalue weighted by atomic mass is 10.2. The van der Waals surface area contributed by atoms with Gasteiger partial charge in [0.05, 0.1) is 11.4 Å². The molecule has 7 heteroatoms. The number of benzene rings is 2. The van der Waals surface area contributed by atoms with Crippen molar-refractivity contribution in [3.63, 3.8) is 0 Å². The minimum atomic E-state index is -3.70. The van der Waals surface area contributed by atoms with E-state index in [-0.39, 0.29) is 11.4 Å². The summed E-state index contributed by atoms with van der Waals surface area (Å²) < 4.78 is 26.3. The molecule has 1 amide bonds. The standard InChI is InChI=1S/C15H15ClN2O3S/c1-11-2-8-14(9-3-11)22(20,21)17-10-15(19)18-13-6-4-12(16)5-7-13/h2-9,17H,10H2,1H3,(H,18,19). The van der Waals surface area contributed by atoms with Crippen molar-refractivity contribution in [2.45, 2.75) is 11.8 Å². The van der Waals surface area contributed by atoms with E-state index >= 15 is 0 Å². The van der Waals surface area contributed by atoms with Crippen molar-refractivity contribution in [2.75, 3.05) is 11.9 Å². The molecule has 0 heterocycles. The van der Waals surface area contributed by atoms with Crippen LogP contribution in [0, 0.1) is 6.92 Å². The van der Waals surface area contributed by atoms with Crippen LogP contribution in [0.15, 0.2) is 53.4 Å². The zero-order valence-electron chi connectivity index (χ0n) is 11.8. The van der Waals surface area contributed by atoms with Gasteiger partial charge in [0.25, 0.3) is 0 Å². The summed E-state index contributed by atoms with van der Waals surface area (Å²) in [5.41, 5.74) is 1.50. The molecule has 0 aliphatic carbocycles. The summed E-state index contributed by atoms with van der Waals surface area (Å²) in [6, 6.07) is 12.9. The molecule has 116 valence electrons. The smallest absolute Gasteiger partial charge is 0.241 e. The van der Waals surface area contributed by atoms with Crippen molar-refractivity contribution in [2.24, 2.45) is 0 Å². The van der Waals surface area contributed by atoms with Crippen LogP contribution in [0.1, 0.15) is 5.56 Å². The second kappa shape index (κ2) is 6.91. The number of sulfonamides is 1. The first-order valence-electron chi connectivity index (χ1n) is 6.48. The maximum atomic E-state index is 12.0. The molecular weight excluding hydrogens is 324 g/mol. The minimum Gasteiger partial charge on any atom is -0.325 e. The van der Waals surface area contributed by atoms with E-state index in [0.717, 1.165) is 5.56 Å². The van der Waals surface area contributed by atoms with Gasteiger partial charge in [-0.2, -0.15) is 0 Å². The monoisotopic (exact) mass is 338 g/mol. The summed E-state index contributed by atoms with van der Waals surface area (Å²) in [4.78, 5) is 11.9. The fourth-order valence-corrected chi connectivity index (χ4v) is 2.81. The number of aryl methyl sites for hydroxylation is 1. The highest BCUT2D eigenvalue weighted by Crippen LogP contribution is 2.13. The molecule has 2 N–H and O–H groups in total. The van der Waals surface area contributed by atoms with Gasteiger partial charge in [-0.05, 0) is 43.3 Å². The fourth-order valence-electron chi connectivity index (χ4n) is 1.70. The van der Waals surface area contributed by atoms with Crippen molar-refractivity contribution in [1.82, 2.24) is 4.72 Å². The van der Waals surface area contributed by atoms with Crippen molar-refractivity contribution >= 4 is 33.2 Å². The Morgan fingerprint density at radius 3 is 2.23 bits per heavy atom. The normalized spacial score (nSPS) is 11.2. The summed E-state index contributed by atoms with van der Waals surface area (Å²) in [6.07, 6.45) is 0. The number of hydrogen-bond donors (Lipinski definition) is 2. The second-order valence-corrected chi connectivity index (χ2v) is 6.90. The van der Waals surface area contributed by atoms with E-state index in [4.69, 9.17) is 11.6 Å². The van der Waals surface area contributed by atoms with E-state index in [1.807, 2.05) is 6.92 Å². The highest BCUT2D eigenvalue weighted by molar-refractivity contribution is 7.89. The second-order valence-electron chi connectivity index (χ2n) is 4.69. The third-order valence-corrected chi connectivity index (χ3v) is 4.55. The number of anilines is 1. The number of carbonyl (C=O) groups excluding carboxylic acids is 1. The largest absolute Gasteiger partial charge is 0.325 e. The van der Waals surface area contributed by atoms with Crippen LogP contribution < -0.4 is 10.0 Å². The molecule has 22 heavy (non-hydrogen) atoms. The third kappa shape index (κ3) is 4.56. The molecule has 2 aromatic carbocycles. The van der Waals surface area contributed by atoms with Crippen LogP contribution in [0.3, 0.4) is 0 Å². The van der Waals surface area contributed by atoms with Gasteiger partial charge in [-0.15, -0.1) is 0 Å². The minimum absolute atomic E-state index is 0.123. The van der Waals surface area contributed by atoms with Crippen LogP contribution in [0.25, 0.3) is 0 Å². The summed E-state index contributed by atoms with van der Waals surface area (Å²) in [5, 5.41) is 3.13. The van der Waals surface area contributed by atoms with Crippen molar-refractivity contribution in [1.29, 1.82) is 0 Å². The van der Waals surface area contributed by atoms with Crippen LogP contribution in [-0.2, 0) is 14.8 Å². The highest BCUT2D eigenvalue weighted by Gasteiger charge is 2.15. The first-order chi connectivity index (χ1) is 10.4. The SMILES string of the molecule is Cc1ccc(S(=O)(=O)NCC(=O)Nc2ccc(Cl)cc2)cc1. The molecule has 0 fully saturated rings. The number of carbonyl (C=O) groups is 1. The fraction of sp³-hybridized carbons (Fsp3) is 0.133. The van der Waals surface area contributed by atoms with Crippen LogP contribution in [0.2, 0.25) is 5.02 Å². The molecule has 0 radical (unpaired) electrons. The van der Waals surface area contributed by atoms with Gasteiger partial charge in [-0.3, -0.25) is 4.79 Å². The van der Waals surface area contributed by atoms with Gasteiger partial charge in [0.1, 0.15) is 0 Å². The zero-order valence-corrected chi connectivity index (χ0v) is 13.4. The number of halogens is 1. The molecule has 0 atom stereocenters. The summed E-state index contributed by atoms with van der Waals surface area (Å²) >= 11 is 5.74. The van der Waals surface area contributed by atoms with Gasteiger partial charge in [-0.25, -0.2) is 13.1 Å². The topological polar surface area (TPSA) is 75.3 Å². The summed E-state index contributed by atoms with van der Waals surface area (Å²) in [6.45, 7) is 1.52. The van der Waals surface area contributed by atoms with E-state index in [9.17, 15) is 13.2 Å². The molecule has 2 rings (SSSR count). The number of nitrogens with one attached hydrogen (secondary N) is 2. The molecular formula is C15H15ClN2O3S. The third-order valence-electron chi connectivity index (χ3n) is 2.88. The Balaban J connectivity index is 1.95. The van der Waals surface area contributed by atoms with Gasteiger partial charge in [0.15, 0.2) is 0 Å². The van der Waals surface area contributed by atoms with Crippen molar-refractivity contribution in [3.8, 4) is 0 Å². The van der Waals surface area contributed by atoms with E-state index in [1.165, 1.54) is 12.1 Å². The maximum absolute atomic E-state index is 12.0. The summed E-state index contributed by atoms with van der Waals surface area (Å²) in [7, 11) is -3.70. The van der Waals surface area contributed by atoms with Crippen LogP contribution in [-0.4, -0.2) is 20.9 Å². The quantitative estimate of drug-likeness (QED) is 0.879. The lowest BCUT2D eigenvalue weighted by Crippen LogP contribution is -2.32. The van der Waals surface area contributed by atoms with E-state index in [0.29, 0.717) is 10.7 Å². The average Bonchev–Trinajstić information content (AvgIpc) is 2.48. The highest BCUT2D eigenvalue weighted by atomic mass is 35.5. The molecule has 0 saturated heterocycles. The molecule has 0 aromatic heterocycles. The molecule has 0 bridgehead atoms. The maximum Gasteiger partial charge on any atom is 0.241 e. The van der Waals surface area contributed by atoms with Gasteiger partial charge >= 0.3 is 0 Å². The molecule has 0 aliphatic heterocycles. The van der Waals surface area contributed by atoms with Gasteiger partial charge < -0.3 is 5.32 Å². The lowest BCUT2D eigenvalue weighted by Gasteiger charge is -2.08. The first-order valence-corrected chi connectivity index (χ1v) is 8.35. The predicted molar refractivity (Wildman–Crippen MR) is 86.4 cm³/mol. The lowest BCUT2D eigenvalue weighted by molar-refractivity contribution is -0.115. The molecule has 0 saturated carbocycles. The number of amides is 1. The van der Waals surface area contributed by atoms with Crippen LogP contribution in [0.5, 0.6) is 0 Å². The Morgan fingerprint density at radius 2 is 1.64 bits per heavy atom. The molecule has 5 nitrogen and oxygen atoms in total. The Morgan fingerprint density at radius 1 is 1.05 bits per heavy atom. The van der Waals surface area contributed by atoms with Gasteiger partial charge in [0, 0.05) is 10.7 Å². The Kier molecular flexibility index (Phi) is 5.18. The molecule has 0 unspecified atom stereocenters. The van der Waals surface area contributed by atoms with Crippen LogP contribution >= 0.6 is 11.6 Å². The zero-order chi connectivity index (χ0) is 16.2. The van der Waals surface area contributed by atoms with Crippen molar-refractivity contribution in [3.05, 3.63) is 59.1 Å². The summed E-state index contributed by atoms with van der Waals surface area (Å²) in [5.74, 6) is -0.460. The van der Waals surface area contributed by atoms with E-state index < -0.39 is 15.9 Å². The molecule has 2 aromatic rings. The first kappa shape index (κ1) is 16.5.